The fourth-order valence-corrected chi connectivity index (χ4v) is 3.50. The molecule has 1 saturated carbocycles. The highest BCUT2D eigenvalue weighted by Gasteiger charge is 2.23. The standard InChI is InChI=1S/C15H28N6S.HI/c1-11(2)18-14(16)17-10-6-9-13-19-20-15(22-3)21(13)12-7-4-5-8-12;/h11-12H,4-10H2,1-3H3,(H3,16,17,18);1H. The second kappa shape index (κ2) is 10.4. The molecule has 3 N–H and O–H groups in total. The average molecular weight is 452 g/mol. The van der Waals surface area contributed by atoms with Gasteiger partial charge in [0, 0.05) is 25.0 Å². The van der Waals surface area contributed by atoms with Crippen LogP contribution in [0.15, 0.2) is 10.1 Å². The van der Waals surface area contributed by atoms with Gasteiger partial charge in [0.1, 0.15) is 5.82 Å². The van der Waals surface area contributed by atoms with E-state index in [1.54, 1.807) is 11.8 Å². The predicted molar refractivity (Wildman–Crippen MR) is 108 cm³/mol. The van der Waals surface area contributed by atoms with Crippen molar-refractivity contribution < 1.29 is 0 Å². The van der Waals surface area contributed by atoms with E-state index in [1.165, 1.54) is 25.7 Å². The zero-order valence-corrected chi connectivity index (χ0v) is 17.4. The van der Waals surface area contributed by atoms with Crippen LogP contribution < -0.4 is 11.1 Å². The summed E-state index contributed by atoms with van der Waals surface area (Å²) >= 11 is 1.69. The summed E-state index contributed by atoms with van der Waals surface area (Å²) in [5.74, 6) is 1.62. The summed E-state index contributed by atoms with van der Waals surface area (Å²) in [4.78, 5) is 4.35. The molecule has 1 heterocycles. The van der Waals surface area contributed by atoms with Crippen LogP contribution in [0.25, 0.3) is 0 Å². The normalized spacial score (nSPS) is 15.9. The van der Waals surface area contributed by atoms with Crippen molar-refractivity contribution in [2.45, 2.75) is 69.6 Å². The number of guanidine groups is 1. The Kier molecular flexibility index (Phi) is 9.26. The SMILES string of the molecule is CSc1nnc(CCCN=C(N)NC(C)C)n1C1CCCC1.I. The molecule has 2 rings (SSSR count). The summed E-state index contributed by atoms with van der Waals surface area (Å²) in [5.41, 5.74) is 5.81. The van der Waals surface area contributed by atoms with E-state index in [0.717, 1.165) is 30.4 Å². The lowest BCUT2D eigenvalue weighted by molar-refractivity contribution is 0.461. The van der Waals surface area contributed by atoms with Crippen LogP contribution >= 0.6 is 35.7 Å². The molecule has 0 bridgehead atoms. The third-order valence-corrected chi connectivity index (χ3v) is 4.53. The van der Waals surface area contributed by atoms with E-state index in [9.17, 15) is 0 Å². The van der Waals surface area contributed by atoms with E-state index in [2.05, 4.69) is 45.2 Å². The summed E-state index contributed by atoms with van der Waals surface area (Å²) in [6.07, 6.45) is 9.06. The second-order valence-corrected chi connectivity index (χ2v) is 6.85. The first-order valence-corrected chi connectivity index (χ1v) is 9.38. The lowest BCUT2D eigenvalue weighted by atomic mass is 10.2. The lowest BCUT2D eigenvalue weighted by Crippen LogP contribution is -2.36. The van der Waals surface area contributed by atoms with E-state index >= 15 is 0 Å². The molecule has 1 aliphatic carbocycles. The smallest absolute Gasteiger partial charge is 0.191 e. The van der Waals surface area contributed by atoms with Gasteiger partial charge in [-0.1, -0.05) is 24.6 Å². The summed E-state index contributed by atoms with van der Waals surface area (Å²) < 4.78 is 2.36. The highest BCUT2D eigenvalue weighted by Crippen LogP contribution is 2.33. The summed E-state index contributed by atoms with van der Waals surface area (Å²) in [7, 11) is 0. The van der Waals surface area contributed by atoms with Gasteiger partial charge in [0.05, 0.1) is 0 Å². The van der Waals surface area contributed by atoms with Gasteiger partial charge in [-0.3, -0.25) is 4.99 Å². The van der Waals surface area contributed by atoms with Crippen molar-refractivity contribution in [1.29, 1.82) is 0 Å². The third kappa shape index (κ3) is 6.13. The van der Waals surface area contributed by atoms with Crippen molar-refractivity contribution in [3.8, 4) is 0 Å². The maximum absolute atomic E-state index is 5.81. The van der Waals surface area contributed by atoms with Crippen LogP contribution in [-0.2, 0) is 6.42 Å². The van der Waals surface area contributed by atoms with Crippen LogP contribution in [0, 0.1) is 0 Å². The number of aryl methyl sites for hydroxylation is 1. The Hall–Kier alpha value is -0.510. The van der Waals surface area contributed by atoms with Gasteiger partial charge < -0.3 is 15.6 Å². The number of hydrogen-bond acceptors (Lipinski definition) is 4. The van der Waals surface area contributed by atoms with E-state index in [1.807, 2.05) is 0 Å². The maximum atomic E-state index is 5.81. The van der Waals surface area contributed by atoms with Gasteiger partial charge >= 0.3 is 0 Å². The highest BCUT2D eigenvalue weighted by atomic mass is 127. The molecule has 0 aromatic carbocycles. The molecule has 0 amide bonds. The van der Waals surface area contributed by atoms with Crippen LogP contribution in [0.3, 0.4) is 0 Å². The first-order valence-electron chi connectivity index (χ1n) is 8.16. The van der Waals surface area contributed by atoms with Crippen LogP contribution in [-0.4, -0.2) is 39.6 Å². The molecule has 0 saturated heterocycles. The van der Waals surface area contributed by atoms with Gasteiger partial charge in [-0.25, -0.2) is 0 Å². The van der Waals surface area contributed by atoms with E-state index < -0.39 is 0 Å². The van der Waals surface area contributed by atoms with Crippen LogP contribution in [0.4, 0.5) is 0 Å². The molecule has 132 valence electrons. The van der Waals surface area contributed by atoms with Gasteiger partial charge in [-0.05, 0) is 39.4 Å². The average Bonchev–Trinajstić information content (AvgIpc) is 3.11. The number of rotatable bonds is 7. The van der Waals surface area contributed by atoms with E-state index in [-0.39, 0.29) is 24.0 Å². The lowest BCUT2D eigenvalue weighted by Gasteiger charge is -2.16. The number of nitrogens with two attached hydrogens (primary N) is 1. The van der Waals surface area contributed by atoms with Crippen LogP contribution in [0.1, 0.15) is 57.8 Å². The highest BCUT2D eigenvalue weighted by molar-refractivity contribution is 14.0. The van der Waals surface area contributed by atoms with Crippen molar-refractivity contribution in [3.63, 3.8) is 0 Å². The minimum atomic E-state index is 0. The Morgan fingerprint density at radius 2 is 2.09 bits per heavy atom. The molecule has 23 heavy (non-hydrogen) atoms. The topological polar surface area (TPSA) is 81.1 Å². The Balaban J connectivity index is 0.00000264. The van der Waals surface area contributed by atoms with Crippen LogP contribution in [0.2, 0.25) is 0 Å². The number of nitrogens with zero attached hydrogens (tertiary/aromatic N) is 4. The molecule has 6 nitrogen and oxygen atoms in total. The predicted octanol–water partition coefficient (Wildman–Crippen LogP) is 2.98. The number of aliphatic imine (C=N–C) groups is 1. The van der Waals surface area contributed by atoms with Crippen molar-refractivity contribution in [1.82, 2.24) is 20.1 Å². The van der Waals surface area contributed by atoms with Crippen molar-refractivity contribution in [3.05, 3.63) is 5.82 Å². The second-order valence-electron chi connectivity index (χ2n) is 6.08. The first-order chi connectivity index (χ1) is 10.6. The molecule has 1 aromatic heterocycles. The molecular weight excluding hydrogens is 423 g/mol. The first kappa shape index (κ1) is 20.5. The molecule has 0 spiro atoms. The van der Waals surface area contributed by atoms with Gasteiger partial charge in [-0.2, -0.15) is 0 Å². The number of halogens is 1. The molecular formula is C15H29IN6S. The van der Waals surface area contributed by atoms with E-state index in [0.29, 0.717) is 18.0 Å². The Morgan fingerprint density at radius 1 is 1.39 bits per heavy atom. The zero-order chi connectivity index (χ0) is 15.9. The molecule has 0 radical (unpaired) electrons. The number of nitrogens with one attached hydrogen (secondary N) is 1. The van der Waals surface area contributed by atoms with E-state index in [4.69, 9.17) is 5.73 Å². The minimum absolute atomic E-state index is 0. The maximum Gasteiger partial charge on any atom is 0.191 e. The molecule has 0 unspecified atom stereocenters. The number of thioether (sulfide) groups is 1. The fraction of sp³-hybridized carbons (Fsp3) is 0.800. The monoisotopic (exact) mass is 452 g/mol. The molecule has 1 aliphatic rings. The third-order valence-electron chi connectivity index (χ3n) is 3.88. The molecule has 0 atom stereocenters. The zero-order valence-electron chi connectivity index (χ0n) is 14.3. The summed E-state index contributed by atoms with van der Waals surface area (Å²) in [6, 6.07) is 0.905. The number of hydrogen-bond donors (Lipinski definition) is 2. The summed E-state index contributed by atoms with van der Waals surface area (Å²) in [5, 5.41) is 12.9. The number of aromatic nitrogens is 3. The molecule has 8 heteroatoms. The van der Waals surface area contributed by atoms with Crippen LogP contribution in [0.5, 0.6) is 0 Å². The summed E-state index contributed by atoms with van der Waals surface area (Å²) in [6.45, 7) is 4.82. The van der Waals surface area contributed by atoms with Gasteiger partial charge in [0.15, 0.2) is 11.1 Å². The molecule has 1 aromatic rings. The minimum Gasteiger partial charge on any atom is -0.370 e. The van der Waals surface area contributed by atoms with Crippen molar-refractivity contribution >= 4 is 41.7 Å². The van der Waals surface area contributed by atoms with Crippen molar-refractivity contribution in [2.75, 3.05) is 12.8 Å². The largest absolute Gasteiger partial charge is 0.370 e. The van der Waals surface area contributed by atoms with Gasteiger partial charge in [0.2, 0.25) is 0 Å². The van der Waals surface area contributed by atoms with Gasteiger partial charge in [-0.15, -0.1) is 34.2 Å². The van der Waals surface area contributed by atoms with Gasteiger partial charge in [0.25, 0.3) is 0 Å². The molecule has 0 aliphatic heterocycles. The Morgan fingerprint density at radius 3 is 2.70 bits per heavy atom. The quantitative estimate of drug-likeness (QED) is 0.219. The Bertz CT molecular complexity index is 496. The Labute approximate surface area is 160 Å². The van der Waals surface area contributed by atoms with Crippen molar-refractivity contribution in [2.24, 2.45) is 10.7 Å². The molecule has 1 fully saturated rings. The fourth-order valence-electron chi connectivity index (χ4n) is 2.92.